The van der Waals surface area contributed by atoms with Gasteiger partial charge in [0, 0.05) is 12.1 Å². The van der Waals surface area contributed by atoms with E-state index in [2.05, 4.69) is 16.9 Å². The zero-order valence-electron chi connectivity index (χ0n) is 10.6. The molecule has 6 heteroatoms. The molecule has 0 atom stereocenters. The fourth-order valence-electron chi connectivity index (χ4n) is 1.44. The number of carbonyl (C=O) groups excluding carboxylic acids is 1. The van der Waals surface area contributed by atoms with Gasteiger partial charge >= 0.3 is 0 Å². The number of oxazole rings is 1. The molecular weight excluding hydrogens is 279 g/mol. The third-order valence-electron chi connectivity index (χ3n) is 2.38. The Labute approximate surface area is 120 Å². The number of benzene rings is 1. The van der Waals surface area contributed by atoms with E-state index in [1.165, 1.54) is 23.9 Å². The van der Waals surface area contributed by atoms with Gasteiger partial charge in [-0.05, 0) is 24.3 Å². The number of hydrogen-bond acceptors (Lipinski definition) is 4. The summed E-state index contributed by atoms with van der Waals surface area (Å²) in [7, 11) is 0. The number of carbonyl (C=O) groups is 1. The largest absolute Gasteiger partial charge is 0.431 e. The Bertz CT molecular complexity index is 595. The molecular formula is C14H13FN2O2S. The van der Waals surface area contributed by atoms with Crippen molar-refractivity contribution in [2.45, 2.75) is 5.22 Å². The van der Waals surface area contributed by atoms with E-state index in [0.29, 0.717) is 17.5 Å². The molecule has 0 fully saturated rings. The standard InChI is InChI=1S/C14H13FN2O2S/c1-2-7-16-13(18)9-20-14-17-8-12(19-14)10-3-5-11(15)6-4-10/h2-6,8H,1,7,9H2,(H,16,18). The maximum atomic E-state index is 12.8. The quantitative estimate of drug-likeness (QED) is 0.657. The molecule has 0 saturated carbocycles. The molecule has 0 spiro atoms. The van der Waals surface area contributed by atoms with Gasteiger partial charge in [0.05, 0.1) is 11.9 Å². The molecule has 1 N–H and O–H groups in total. The molecule has 0 saturated heterocycles. The number of halogens is 1. The predicted molar refractivity (Wildman–Crippen MR) is 75.8 cm³/mol. The summed E-state index contributed by atoms with van der Waals surface area (Å²) in [5.74, 6) is 0.342. The highest BCUT2D eigenvalue weighted by molar-refractivity contribution is 7.99. The summed E-state index contributed by atoms with van der Waals surface area (Å²) in [6.07, 6.45) is 3.16. The van der Waals surface area contributed by atoms with E-state index in [1.807, 2.05) is 0 Å². The van der Waals surface area contributed by atoms with Crippen LogP contribution in [0.5, 0.6) is 0 Å². The van der Waals surface area contributed by atoms with Gasteiger partial charge < -0.3 is 9.73 Å². The SMILES string of the molecule is C=CCNC(=O)CSc1ncc(-c2ccc(F)cc2)o1. The van der Waals surface area contributed by atoms with Crippen molar-refractivity contribution < 1.29 is 13.6 Å². The van der Waals surface area contributed by atoms with Crippen LogP contribution in [-0.2, 0) is 4.79 Å². The summed E-state index contributed by atoms with van der Waals surface area (Å²) in [5, 5.41) is 3.06. The number of amides is 1. The number of thioether (sulfide) groups is 1. The molecule has 1 amide bonds. The van der Waals surface area contributed by atoms with Crippen molar-refractivity contribution in [1.29, 1.82) is 0 Å². The maximum absolute atomic E-state index is 12.8. The summed E-state index contributed by atoms with van der Waals surface area (Å²) >= 11 is 1.20. The van der Waals surface area contributed by atoms with Crippen LogP contribution in [0.25, 0.3) is 11.3 Å². The summed E-state index contributed by atoms with van der Waals surface area (Å²) < 4.78 is 18.3. The summed E-state index contributed by atoms with van der Waals surface area (Å²) in [4.78, 5) is 15.5. The van der Waals surface area contributed by atoms with Gasteiger partial charge in [-0.25, -0.2) is 9.37 Å². The number of nitrogens with zero attached hydrogens (tertiary/aromatic N) is 1. The van der Waals surface area contributed by atoms with Crippen molar-refractivity contribution in [3.05, 3.63) is 48.9 Å². The van der Waals surface area contributed by atoms with E-state index >= 15 is 0 Å². The number of hydrogen-bond donors (Lipinski definition) is 1. The lowest BCUT2D eigenvalue weighted by Gasteiger charge is -1.99. The highest BCUT2D eigenvalue weighted by Crippen LogP contribution is 2.25. The molecule has 20 heavy (non-hydrogen) atoms. The van der Waals surface area contributed by atoms with Gasteiger partial charge in [0.2, 0.25) is 5.91 Å². The van der Waals surface area contributed by atoms with Crippen molar-refractivity contribution in [2.24, 2.45) is 0 Å². The van der Waals surface area contributed by atoms with Crippen LogP contribution in [0.2, 0.25) is 0 Å². The number of nitrogens with one attached hydrogen (secondary N) is 1. The molecule has 2 aromatic rings. The lowest BCUT2D eigenvalue weighted by Crippen LogP contribution is -2.24. The zero-order valence-corrected chi connectivity index (χ0v) is 11.5. The minimum Gasteiger partial charge on any atom is -0.431 e. The van der Waals surface area contributed by atoms with Gasteiger partial charge in [0.15, 0.2) is 5.76 Å². The average Bonchev–Trinajstić information content (AvgIpc) is 2.92. The third kappa shape index (κ3) is 3.96. The topological polar surface area (TPSA) is 55.1 Å². The van der Waals surface area contributed by atoms with Crippen molar-refractivity contribution in [2.75, 3.05) is 12.3 Å². The number of rotatable bonds is 6. The molecule has 1 aromatic heterocycles. The van der Waals surface area contributed by atoms with Crippen LogP contribution in [-0.4, -0.2) is 23.2 Å². The molecule has 1 aromatic carbocycles. The van der Waals surface area contributed by atoms with Gasteiger partial charge in [0.25, 0.3) is 5.22 Å². The van der Waals surface area contributed by atoms with Gasteiger partial charge in [-0.2, -0.15) is 0 Å². The van der Waals surface area contributed by atoms with Gasteiger partial charge in [-0.15, -0.1) is 6.58 Å². The lowest BCUT2D eigenvalue weighted by atomic mass is 10.2. The van der Waals surface area contributed by atoms with Crippen LogP contribution in [0.3, 0.4) is 0 Å². The van der Waals surface area contributed by atoms with Gasteiger partial charge in [0.1, 0.15) is 5.82 Å². The van der Waals surface area contributed by atoms with Crippen LogP contribution in [0, 0.1) is 5.82 Å². The Morgan fingerprint density at radius 3 is 2.90 bits per heavy atom. The van der Waals surface area contributed by atoms with Crippen LogP contribution in [0.15, 0.2) is 52.8 Å². The minimum absolute atomic E-state index is 0.114. The van der Waals surface area contributed by atoms with E-state index in [1.54, 1.807) is 24.4 Å². The molecule has 0 aliphatic rings. The van der Waals surface area contributed by atoms with Crippen LogP contribution >= 0.6 is 11.8 Å². The van der Waals surface area contributed by atoms with Crippen LogP contribution < -0.4 is 5.32 Å². The van der Waals surface area contributed by atoms with E-state index in [0.717, 1.165) is 5.56 Å². The summed E-state index contributed by atoms with van der Waals surface area (Å²) in [5.41, 5.74) is 0.738. The van der Waals surface area contributed by atoms with Gasteiger partial charge in [-0.1, -0.05) is 17.8 Å². The average molecular weight is 292 g/mol. The summed E-state index contributed by atoms with van der Waals surface area (Å²) in [6.45, 7) is 3.95. The molecule has 0 radical (unpaired) electrons. The monoisotopic (exact) mass is 292 g/mol. The number of aromatic nitrogens is 1. The lowest BCUT2D eigenvalue weighted by molar-refractivity contribution is -0.118. The Kier molecular flexibility index (Phi) is 4.95. The Morgan fingerprint density at radius 1 is 1.45 bits per heavy atom. The molecule has 0 unspecified atom stereocenters. The normalized spacial score (nSPS) is 10.2. The van der Waals surface area contributed by atoms with Gasteiger partial charge in [-0.3, -0.25) is 4.79 Å². The molecule has 104 valence electrons. The van der Waals surface area contributed by atoms with E-state index < -0.39 is 0 Å². The van der Waals surface area contributed by atoms with Crippen molar-refractivity contribution in [3.63, 3.8) is 0 Å². The Balaban J connectivity index is 1.94. The Morgan fingerprint density at radius 2 is 2.20 bits per heavy atom. The molecule has 1 heterocycles. The molecule has 0 bridgehead atoms. The van der Waals surface area contributed by atoms with Crippen LogP contribution in [0.4, 0.5) is 4.39 Å². The van der Waals surface area contributed by atoms with Crippen LogP contribution in [0.1, 0.15) is 0 Å². The molecule has 0 aliphatic carbocycles. The molecule has 0 aliphatic heterocycles. The zero-order chi connectivity index (χ0) is 14.4. The first kappa shape index (κ1) is 14.3. The first-order chi connectivity index (χ1) is 9.69. The van der Waals surface area contributed by atoms with E-state index in [-0.39, 0.29) is 17.5 Å². The first-order valence-corrected chi connectivity index (χ1v) is 6.90. The third-order valence-corrected chi connectivity index (χ3v) is 3.23. The van der Waals surface area contributed by atoms with Crippen molar-refractivity contribution >= 4 is 17.7 Å². The fourth-order valence-corrected chi connectivity index (χ4v) is 2.07. The second-order valence-corrected chi connectivity index (χ2v) is 4.81. The second-order valence-electron chi connectivity index (χ2n) is 3.88. The first-order valence-electron chi connectivity index (χ1n) is 5.91. The van der Waals surface area contributed by atoms with Crippen molar-refractivity contribution in [3.8, 4) is 11.3 Å². The van der Waals surface area contributed by atoms with E-state index in [4.69, 9.17) is 4.42 Å². The predicted octanol–water partition coefficient (Wildman–Crippen LogP) is 2.88. The summed E-state index contributed by atoms with van der Waals surface area (Å²) in [6, 6.07) is 5.93. The van der Waals surface area contributed by atoms with E-state index in [9.17, 15) is 9.18 Å². The fraction of sp³-hybridized carbons (Fsp3) is 0.143. The molecule has 4 nitrogen and oxygen atoms in total. The minimum atomic E-state index is -0.304. The highest BCUT2D eigenvalue weighted by atomic mass is 32.2. The smallest absolute Gasteiger partial charge is 0.256 e. The maximum Gasteiger partial charge on any atom is 0.256 e. The van der Waals surface area contributed by atoms with Crippen molar-refractivity contribution in [1.82, 2.24) is 10.3 Å². The second kappa shape index (κ2) is 6.91. The highest BCUT2D eigenvalue weighted by Gasteiger charge is 2.09. The Hall–Kier alpha value is -2.08. The molecule has 2 rings (SSSR count).